The van der Waals surface area contributed by atoms with Crippen molar-refractivity contribution in [2.75, 3.05) is 29.7 Å². The highest BCUT2D eigenvalue weighted by Gasteiger charge is 2.15. The maximum absolute atomic E-state index is 12.7. The second kappa shape index (κ2) is 13.1. The molecule has 0 amide bonds. The van der Waals surface area contributed by atoms with Crippen LogP contribution in [0.1, 0.15) is 51.7 Å². The zero-order valence-electron chi connectivity index (χ0n) is 22.9. The van der Waals surface area contributed by atoms with Gasteiger partial charge in [0, 0.05) is 17.8 Å². The average molecular weight is 541 g/mol. The van der Waals surface area contributed by atoms with Gasteiger partial charge in [0.05, 0.1) is 11.1 Å². The zero-order chi connectivity index (χ0) is 27.8. The Kier molecular flexibility index (Phi) is 10.1. The summed E-state index contributed by atoms with van der Waals surface area (Å²) in [5, 5.41) is 16.7. The summed E-state index contributed by atoms with van der Waals surface area (Å²) < 4.78 is 33.6. The van der Waals surface area contributed by atoms with Gasteiger partial charge in [0.25, 0.3) is 10.0 Å². The van der Waals surface area contributed by atoms with E-state index in [1.54, 1.807) is 30.5 Å². The monoisotopic (exact) mass is 540 g/mol. The Bertz CT molecular complexity index is 1240. The number of hydrogen-bond acceptors (Lipinski definition) is 7. The van der Waals surface area contributed by atoms with Crippen molar-refractivity contribution in [3.8, 4) is 5.75 Å². The van der Waals surface area contributed by atoms with Crippen LogP contribution in [0.2, 0.25) is 0 Å². The molecule has 2 aromatic carbocycles. The lowest BCUT2D eigenvalue weighted by Gasteiger charge is -2.21. The minimum absolute atomic E-state index is 0.0722. The Morgan fingerprint density at radius 2 is 1.66 bits per heavy atom. The fraction of sp³-hybridized carbons (Fsp3) is 0.414. The summed E-state index contributed by atoms with van der Waals surface area (Å²) in [6, 6.07) is 17.9. The molecular weight excluding hydrogens is 500 g/mol. The van der Waals surface area contributed by atoms with Crippen molar-refractivity contribution in [2.24, 2.45) is 0 Å². The molecule has 9 heteroatoms. The average Bonchev–Trinajstić information content (AvgIpc) is 2.86. The maximum atomic E-state index is 12.7. The maximum Gasteiger partial charge on any atom is 0.261 e. The van der Waals surface area contributed by atoms with Crippen molar-refractivity contribution in [1.29, 1.82) is 0 Å². The van der Waals surface area contributed by atoms with Crippen LogP contribution < -0.4 is 20.1 Å². The highest BCUT2D eigenvalue weighted by atomic mass is 32.2. The second-order valence-corrected chi connectivity index (χ2v) is 12.4. The van der Waals surface area contributed by atoms with Gasteiger partial charge in [0.2, 0.25) is 0 Å². The molecule has 3 aromatic rings. The molecule has 0 bridgehead atoms. The third-order valence-corrected chi connectivity index (χ3v) is 7.11. The van der Waals surface area contributed by atoms with Crippen molar-refractivity contribution < 1.29 is 18.3 Å². The van der Waals surface area contributed by atoms with Gasteiger partial charge in [0.15, 0.2) is 0 Å². The summed E-state index contributed by atoms with van der Waals surface area (Å²) in [6.07, 6.45) is 1.72. The standard InChI is InChI=1S/C29H40N4O4S/c1-21(2)23-8-13-27(14-9-23)38(35,36)33-24-10-6-22(7-11-24)16-17-30-18-25(34)20-37-26-12-15-28(31-19-26)32-29(3,4)5/h6-15,19,21,25,30,33-34H,16-18,20H2,1-5H3,(H,31,32)/t25-/m0/s1. The summed E-state index contributed by atoms with van der Waals surface area (Å²) in [5.41, 5.74) is 2.59. The zero-order valence-corrected chi connectivity index (χ0v) is 23.7. The Morgan fingerprint density at radius 1 is 0.974 bits per heavy atom. The highest BCUT2D eigenvalue weighted by Crippen LogP contribution is 2.20. The van der Waals surface area contributed by atoms with E-state index in [4.69, 9.17) is 4.74 Å². The van der Waals surface area contributed by atoms with E-state index in [0.29, 0.717) is 30.4 Å². The van der Waals surface area contributed by atoms with E-state index in [2.05, 4.69) is 55.0 Å². The largest absolute Gasteiger partial charge is 0.489 e. The van der Waals surface area contributed by atoms with Crippen LogP contribution >= 0.6 is 0 Å². The fourth-order valence-electron chi connectivity index (χ4n) is 3.66. The van der Waals surface area contributed by atoms with Gasteiger partial charge in [-0.2, -0.15) is 0 Å². The van der Waals surface area contributed by atoms with E-state index in [0.717, 1.165) is 23.4 Å². The molecule has 0 fully saturated rings. The lowest BCUT2D eigenvalue weighted by molar-refractivity contribution is 0.106. The molecule has 206 valence electrons. The van der Waals surface area contributed by atoms with Crippen LogP contribution in [0.4, 0.5) is 11.5 Å². The fourth-order valence-corrected chi connectivity index (χ4v) is 4.72. The first-order chi connectivity index (χ1) is 17.9. The molecule has 0 saturated heterocycles. The Labute approximate surface area is 226 Å². The van der Waals surface area contributed by atoms with E-state index in [-0.39, 0.29) is 17.0 Å². The Hall–Kier alpha value is -3.14. The van der Waals surface area contributed by atoms with E-state index in [1.807, 2.05) is 36.4 Å². The molecule has 4 N–H and O–H groups in total. The molecule has 1 aromatic heterocycles. The predicted octanol–water partition coefficient (Wildman–Crippen LogP) is 4.79. The van der Waals surface area contributed by atoms with Crippen LogP contribution in [0.25, 0.3) is 0 Å². The van der Waals surface area contributed by atoms with Crippen LogP contribution in [0.3, 0.4) is 0 Å². The molecule has 1 atom stereocenters. The number of hydrogen-bond donors (Lipinski definition) is 4. The number of pyridine rings is 1. The van der Waals surface area contributed by atoms with Crippen molar-refractivity contribution in [3.05, 3.63) is 78.0 Å². The lowest BCUT2D eigenvalue weighted by Crippen LogP contribution is -2.32. The first-order valence-corrected chi connectivity index (χ1v) is 14.4. The predicted molar refractivity (Wildman–Crippen MR) is 153 cm³/mol. The normalized spacial score (nSPS) is 12.8. The smallest absolute Gasteiger partial charge is 0.261 e. The van der Waals surface area contributed by atoms with E-state index in [9.17, 15) is 13.5 Å². The Balaban J connectivity index is 1.37. The van der Waals surface area contributed by atoms with Crippen molar-refractivity contribution in [3.63, 3.8) is 0 Å². The quantitative estimate of drug-likeness (QED) is 0.231. The first kappa shape index (κ1) is 29.4. The van der Waals surface area contributed by atoms with Gasteiger partial charge in [-0.15, -0.1) is 0 Å². The second-order valence-electron chi connectivity index (χ2n) is 10.7. The molecule has 0 aliphatic carbocycles. The number of aromatic nitrogens is 1. The van der Waals surface area contributed by atoms with Crippen LogP contribution in [0.5, 0.6) is 5.75 Å². The molecule has 0 radical (unpaired) electrons. The molecule has 0 spiro atoms. The number of ether oxygens (including phenoxy) is 1. The van der Waals surface area contributed by atoms with E-state index in [1.165, 1.54) is 0 Å². The first-order valence-electron chi connectivity index (χ1n) is 12.9. The number of benzene rings is 2. The summed E-state index contributed by atoms with van der Waals surface area (Å²) in [4.78, 5) is 4.57. The number of nitrogens with zero attached hydrogens (tertiary/aromatic N) is 1. The molecule has 1 heterocycles. The lowest BCUT2D eigenvalue weighted by atomic mass is 10.0. The molecule has 3 rings (SSSR count). The molecule has 0 aliphatic rings. The van der Waals surface area contributed by atoms with Gasteiger partial charge in [-0.1, -0.05) is 38.1 Å². The third kappa shape index (κ3) is 9.63. The number of nitrogens with one attached hydrogen (secondary N) is 3. The van der Waals surface area contributed by atoms with Crippen LogP contribution in [0, 0.1) is 0 Å². The highest BCUT2D eigenvalue weighted by molar-refractivity contribution is 7.92. The molecule has 38 heavy (non-hydrogen) atoms. The van der Waals surface area contributed by atoms with Crippen molar-refractivity contribution >= 4 is 21.5 Å². The number of anilines is 2. The van der Waals surface area contributed by atoms with Gasteiger partial charge >= 0.3 is 0 Å². The van der Waals surface area contributed by atoms with Gasteiger partial charge in [-0.25, -0.2) is 13.4 Å². The SMILES string of the molecule is CC(C)c1ccc(S(=O)(=O)Nc2ccc(CCNC[C@H](O)COc3ccc(NC(C)(C)C)nc3)cc2)cc1. The summed E-state index contributed by atoms with van der Waals surface area (Å²) in [6.45, 7) is 11.6. The molecule has 0 unspecified atom stereocenters. The molecule has 0 aliphatic heterocycles. The molecular formula is C29H40N4O4S. The third-order valence-electron chi connectivity index (χ3n) is 5.72. The van der Waals surface area contributed by atoms with Crippen molar-refractivity contribution in [2.45, 2.75) is 63.5 Å². The number of aliphatic hydroxyl groups is 1. The van der Waals surface area contributed by atoms with Gasteiger partial charge in [-0.3, -0.25) is 4.72 Å². The van der Waals surface area contributed by atoms with Crippen LogP contribution in [-0.4, -0.2) is 49.8 Å². The van der Waals surface area contributed by atoms with Gasteiger partial charge < -0.3 is 20.5 Å². The minimum Gasteiger partial charge on any atom is -0.489 e. The van der Waals surface area contributed by atoms with Crippen LogP contribution in [-0.2, 0) is 16.4 Å². The summed E-state index contributed by atoms with van der Waals surface area (Å²) in [5.74, 6) is 1.72. The summed E-state index contributed by atoms with van der Waals surface area (Å²) in [7, 11) is -3.64. The van der Waals surface area contributed by atoms with Crippen LogP contribution in [0.15, 0.2) is 71.8 Å². The van der Waals surface area contributed by atoms with Gasteiger partial charge in [0.1, 0.15) is 24.3 Å². The number of aliphatic hydroxyl groups excluding tert-OH is 1. The number of sulfonamides is 1. The molecule has 0 saturated carbocycles. The minimum atomic E-state index is -3.64. The van der Waals surface area contributed by atoms with E-state index < -0.39 is 16.1 Å². The Morgan fingerprint density at radius 3 is 2.24 bits per heavy atom. The molecule has 8 nitrogen and oxygen atoms in total. The topological polar surface area (TPSA) is 113 Å². The van der Waals surface area contributed by atoms with Crippen molar-refractivity contribution in [1.82, 2.24) is 10.3 Å². The van der Waals surface area contributed by atoms with Gasteiger partial charge in [-0.05, 0) is 87.2 Å². The summed E-state index contributed by atoms with van der Waals surface area (Å²) >= 11 is 0. The van der Waals surface area contributed by atoms with E-state index >= 15 is 0 Å². The number of rotatable bonds is 13.